The summed E-state index contributed by atoms with van der Waals surface area (Å²) in [5.41, 5.74) is 4.54. The number of ether oxygens (including phenoxy) is 1. The lowest BCUT2D eigenvalue weighted by atomic mass is 10.0. The maximum Gasteiger partial charge on any atom is 0.238 e. The zero-order valence-electron chi connectivity index (χ0n) is 16.4. The Morgan fingerprint density at radius 2 is 1.89 bits per heavy atom. The Balaban J connectivity index is 1.63. The molecule has 1 aromatic carbocycles. The lowest BCUT2D eigenvalue weighted by Crippen LogP contribution is -2.46. The first-order valence-electron chi connectivity index (χ1n) is 10.0. The fourth-order valence-corrected chi connectivity index (χ4v) is 5.02. The number of amides is 1. The Labute approximate surface area is 169 Å². The van der Waals surface area contributed by atoms with E-state index in [2.05, 4.69) is 15.6 Å². The number of nitrogens with one attached hydrogen (secondary N) is 1. The zero-order chi connectivity index (χ0) is 19.5. The van der Waals surface area contributed by atoms with Gasteiger partial charge in [0.15, 0.2) is 0 Å². The van der Waals surface area contributed by atoms with Crippen LogP contribution in [0.15, 0.2) is 29.4 Å². The van der Waals surface area contributed by atoms with Gasteiger partial charge in [0, 0.05) is 13.1 Å². The molecule has 7 nitrogen and oxygen atoms in total. The summed E-state index contributed by atoms with van der Waals surface area (Å²) in [6.07, 6.45) is 4.57. The van der Waals surface area contributed by atoms with E-state index in [1.54, 1.807) is 0 Å². The third kappa shape index (κ3) is 3.83. The number of benzene rings is 1. The van der Waals surface area contributed by atoms with Crippen LogP contribution in [0, 0.1) is 6.92 Å². The molecule has 0 aliphatic carbocycles. The summed E-state index contributed by atoms with van der Waals surface area (Å²) in [5, 5.41) is 8.88. The minimum atomic E-state index is -0.271. The lowest BCUT2D eigenvalue weighted by Gasteiger charge is -2.35. The maximum atomic E-state index is 13.5. The molecule has 8 heteroatoms. The number of likely N-dealkylation sites (tertiary alicyclic amines) is 1. The van der Waals surface area contributed by atoms with Crippen molar-refractivity contribution < 1.29 is 9.53 Å². The molecule has 1 saturated heterocycles. The van der Waals surface area contributed by atoms with Crippen LogP contribution in [0.4, 0.5) is 0 Å². The molecule has 2 aliphatic rings. The molecule has 1 N–H and O–H groups in total. The first kappa shape index (κ1) is 19.1. The molecular formula is C20H27N5O2S. The summed E-state index contributed by atoms with van der Waals surface area (Å²) in [7, 11) is 0. The van der Waals surface area contributed by atoms with Crippen LogP contribution in [-0.4, -0.2) is 50.6 Å². The summed E-state index contributed by atoms with van der Waals surface area (Å²) >= 11 is 1.51. The molecule has 2 aliphatic heterocycles. The van der Waals surface area contributed by atoms with Gasteiger partial charge in [-0.2, -0.15) is 0 Å². The molecule has 0 spiro atoms. The summed E-state index contributed by atoms with van der Waals surface area (Å²) in [6, 6.07) is 7.85. The number of carbonyl (C=O) groups excluding carboxylic acids is 1. The standard InChI is InChI=1S/C20H27N5O2S/c1-3-27-16-10-8-15(9-11-16)17-18(19(26)24-12-6-4-5-7-13-24)28-20-22-21-14(2)25(20)23-17/h8-11,17-18,23H,3-7,12-13H2,1-2H3/t17-,18+/m1/s1. The van der Waals surface area contributed by atoms with E-state index in [1.165, 1.54) is 24.6 Å². The van der Waals surface area contributed by atoms with Gasteiger partial charge < -0.3 is 15.1 Å². The van der Waals surface area contributed by atoms with Crippen LogP contribution >= 0.6 is 11.8 Å². The predicted octanol–water partition coefficient (Wildman–Crippen LogP) is 3.15. The van der Waals surface area contributed by atoms with Crippen molar-refractivity contribution in [1.82, 2.24) is 19.8 Å². The molecule has 150 valence electrons. The highest BCUT2D eigenvalue weighted by Gasteiger charge is 2.39. The quantitative estimate of drug-likeness (QED) is 0.849. The lowest BCUT2D eigenvalue weighted by molar-refractivity contribution is -0.131. The summed E-state index contributed by atoms with van der Waals surface area (Å²) in [6.45, 7) is 6.21. The van der Waals surface area contributed by atoms with Gasteiger partial charge >= 0.3 is 0 Å². The zero-order valence-corrected chi connectivity index (χ0v) is 17.2. The molecular weight excluding hydrogens is 374 g/mol. The summed E-state index contributed by atoms with van der Waals surface area (Å²) < 4.78 is 7.46. The van der Waals surface area contributed by atoms with Crippen LogP contribution in [0.5, 0.6) is 5.75 Å². The molecule has 1 aromatic heterocycles. The van der Waals surface area contributed by atoms with E-state index in [-0.39, 0.29) is 17.2 Å². The van der Waals surface area contributed by atoms with Crippen molar-refractivity contribution in [2.24, 2.45) is 0 Å². The van der Waals surface area contributed by atoms with Gasteiger partial charge in [-0.05, 0) is 44.4 Å². The molecule has 0 saturated carbocycles. The minimum Gasteiger partial charge on any atom is -0.494 e. The van der Waals surface area contributed by atoms with Crippen LogP contribution in [0.1, 0.15) is 50.0 Å². The molecule has 3 heterocycles. The second-order valence-corrected chi connectivity index (χ2v) is 8.36. The number of aryl methyl sites for hydroxylation is 1. The summed E-state index contributed by atoms with van der Waals surface area (Å²) in [5.74, 6) is 1.82. The second-order valence-electron chi connectivity index (χ2n) is 7.25. The molecule has 2 atom stereocenters. The average molecular weight is 402 g/mol. The number of thioether (sulfide) groups is 1. The first-order chi connectivity index (χ1) is 13.7. The number of nitrogens with zero attached hydrogens (tertiary/aromatic N) is 4. The predicted molar refractivity (Wildman–Crippen MR) is 109 cm³/mol. The van der Waals surface area contributed by atoms with Crippen molar-refractivity contribution in [2.75, 3.05) is 25.1 Å². The smallest absolute Gasteiger partial charge is 0.238 e. The molecule has 2 aromatic rings. The van der Waals surface area contributed by atoms with Gasteiger partial charge in [-0.25, -0.2) is 4.68 Å². The van der Waals surface area contributed by atoms with Crippen molar-refractivity contribution in [2.45, 2.75) is 56.0 Å². The highest BCUT2D eigenvalue weighted by molar-refractivity contribution is 8.00. The van der Waals surface area contributed by atoms with Crippen LogP contribution in [-0.2, 0) is 4.79 Å². The first-order valence-corrected chi connectivity index (χ1v) is 10.9. The minimum absolute atomic E-state index is 0.154. The molecule has 1 fully saturated rings. The van der Waals surface area contributed by atoms with E-state index in [9.17, 15) is 4.79 Å². The molecule has 1 amide bonds. The van der Waals surface area contributed by atoms with Crippen molar-refractivity contribution in [3.8, 4) is 5.75 Å². The van der Waals surface area contributed by atoms with Crippen molar-refractivity contribution in [1.29, 1.82) is 0 Å². The number of carbonyl (C=O) groups is 1. The number of rotatable bonds is 4. The van der Waals surface area contributed by atoms with Gasteiger partial charge in [-0.3, -0.25) is 4.79 Å². The van der Waals surface area contributed by atoms with Crippen LogP contribution in [0.25, 0.3) is 0 Å². The van der Waals surface area contributed by atoms with E-state index in [0.29, 0.717) is 6.61 Å². The Morgan fingerprint density at radius 1 is 1.18 bits per heavy atom. The highest BCUT2D eigenvalue weighted by atomic mass is 32.2. The fourth-order valence-electron chi connectivity index (χ4n) is 3.81. The topological polar surface area (TPSA) is 72.3 Å². The average Bonchev–Trinajstić information content (AvgIpc) is 2.92. The third-order valence-corrected chi connectivity index (χ3v) is 6.51. The van der Waals surface area contributed by atoms with E-state index < -0.39 is 0 Å². The van der Waals surface area contributed by atoms with Crippen molar-refractivity contribution in [3.05, 3.63) is 35.7 Å². The van der Waals surface area contributed by atoms with Gasteiger partial charge in [0.1, 0.15) is 16.8 Å². The van der Waals surface area contributed by atoms with E-state index in [0.717, 1.165) is 48.2 Å². The third-order valence-electron chi connectivity index (χ3n) is 5.31. The highest BCUT2D eigenvalue weighted by Crippen LogP contribution is 2.38. The Hall–Kier alpha value is -2.22. The van der Waals surface area contributed by atoms with Crippen molar-refractivity contribution in [3.63, 3.8) is 0 Å². The normalized spacial score (nSPS) is 22.1. The summed E-state index contributed by atoms with van der Waals surface area (Å²) in [4.78, 5) is 15.5. The Kier molecular flexibility index (Phi) is 5.75. The van der Waals surface area contributed by atoms with E-state index >= 15 is 0 Å². The number of hydrogen-bond acceptors (Lipinski definition) is 6. The number of hydrogen-bond donors (Lipinski definition) is 1. The van der Waals surface area contributed by atoms with Gasteiger partial charge in [0.2, 0.25) is 11.1 Å². The molecule has 0 radical (unpaired) electrons. The Morgan fingerprint density at radius 3 is 2.57 bits per heavy atom. The fraction of sp³-hybridized carbons (Fsp3) is 0.550. The Bertz CT molecular complexity index is 815. The van der Waals surface area contributed by atoms with Gasteiger partial charge in [0.25, 0.3) is 0 Å². The molecule has 0 bridgehead atoms. The maximum absolute atomic E-state index is 13.5. The number of fused-ring (bicyclic) bond motifs is 1. The van der Waals surface area contributed by atoms with Gasteiger partial charge in [0.05, 0.1) is 12.6 Å². The molecule has 0 unspecified atom stereocenters. The van der Waals surface area contributed by atoms with Crippen LogP contribution < -0.4 is 10.2 Å². The molecule has 4 rings (SSSR count). The van der Waals surface area contributed by atoms with Gasteiger partial charge in [-0.15, -0.1) is 10.2 Å². The van der Waals surface area contributed by atoms with E-state index in [4.69, 9.17) is 4.74 Å². The van der Waals surface area contributed by atoms with Crippen LogP contribution in [0.2, 0.25) is 0 Å². The SMILES string of the molecule is CCOc1ccc([C@H]2Nn3c(C)nnc3S[C@@H]2C(=O)N2CCCCCC2)cc1. The molecule has 28 heavy (non-hydrogen) atoms. The second kappa shape index (κ2) is 8.43. The van der Waals surface area contributed by atoms with E-state index in [1.807, 2.05) is 47.7 Å². The van der Waals surface area contributed by atoms with Crippen LogP contribution in [0.3, 0.4) is 0 Å². The monoisotopic (exact) mass is 401 g/mol. The largest absolute Gasteiger partial charge is 0.494 e. The van der Waals surface area contributed by atoms with Crippen molar-refractivity contribution >= 4 is 17.7 Å². The van der Waals surface area contributed by atoms with Gasteiger partial charge in [-0.1, -0.05) is 36.7 Å². The number of aromatic nitrogens is 3.